The molecule has 0 bridgehead atoms. The van der Waals surface area contributed by atoms with Crippen LogP contribution >= 0.6 is 15.2 Å². The Morgan fingerprint density at radius 3 is 1.77 bits per heavy atom. The molecule has 0 aromatic heterocycles. The average Bonchev–Trinajstić information content (AvgIpc) is 2.60. The van der Waals surface area contributed by atoms with Crippen molar-refractivity contribution in [1.82, 2.24) is 0 Å². The first-order valence-corrected chi connectivity index (χ1v) is 12.7. The number of ether oxygens (including phenoxy) is 2. The van der Waals surface area contributed by atoms with Gasteiger partial charge in [-0.1, -0.05) is 0 Å². The summed E-state index contributed by atoms with van der Waals surface area (Å²) in [6, 6.07) is 0. The summed E-state index contributed by atoms with van der Waals surface area (Å²) in [5.74, 6) is 0. The van der Waals surface area contributed by atoms with Crippen molar-refractivity contribution in [3.63, 3.8) is 0 Å². The zero-order valence-corrected chi connectivity index (χ0v) is 18.2. The van der Waals surface area contributed by atoms with Crippen molar-refractivity contribution in [3.05, 3.63) is 0 Å². The van der Waals surface area contributed by atoms with Crippen LogP contribution in [-0.4, -0.2) is 51.3 Å². The Balaban J connectivity index is 2.94. The van der Waals surface area contributed by atoms with Gasteiger partial charge in [0.05, 0.1) is 33.0 Å². The average molecular weight is 416 g/mol. The minimum Gasteiger partial charge on any atom is -0.353 e. The molecule has 1 saturated heterocycles. The summed E-state index contributed by atoms with van der Waals surface area (Å²) >= 11 is 0. The molecule has 8 nitrogen and oxygen atoms in total. The van der Waals surface area contributed by atoms with Gasteiger partial charge in [0.15, 0.2) is 11.7 Å². The lowest BCUT2D eigenvalue weighted by Crippen LogP contribution is -2.25. The van der Waals surface area contributed by atoms with Gasteiger partial charge in [0.1, 0.15) is 0 Å². The Hall–Kier alpha value is 0.220. The van der Waals surface area contributed by atoms with Gasteiger partial charge in [-0.2, -0.15) is 0 Å². The van der Waals surface area contributed by atoms with Crippen LogP contribution < -0.4 is 0 Å². The van der Waals surface area contributed by atoms with Crippen molar-refractivity contribution >= 4 is 15.2 Å². The standard InChI is InChI=1S/C16H34O8P2/c1-5-21-25(17,22-6-2)16(26(18,23-7-3)24-8-4)12-14-20-15-11-9-10-13-19-15/h15-16H,5-14H2,1-4H3. The van der Waals surface area contributed by atoms with Crippen LogP contribution in [0.25, 0.3) is 0 Å². The van der Waals surface area contributed by atoms with E-state index in [1.807, 2.05) is 0 Å². The van der Waals surface area contributed by atoms with Gasteiger partial charge in [0.25, 0.3) is 0 Å². The second kappa shape index (κ2) is 12.6. The highest BCUT2D eigenvalue weighted by Crippen LogP contribution is 2.71. The fourth-order valence-corrected chi connectivity index (χ4v) is 8.08. The van der Waals surface area contributed by atoms with Crippen LogP contribution in [0.5, 0.6) is 0 Å². The quantitative estimate of drug-likeness (QED) is 0.374. The van der Waals surface area contributed by atoms with E-state index < -0.39 is 20.6 Å². The van der Waals surface area contributed by atoms with Crippen molar-refractivity contribution in [1.29, 1.82) is 0 Å². The highest BCUT2D eigenvalue weighted by Gasteiger charge is 2.50. The molecule has 0 N–H and O–H groups in total. The van der Waals surface area contributed by atoms with E-state index in [0.717, 1.165) is 19.3 Å². The summed E-state index contributed by atoms with van der Waals surface area (Å²) in [7, 11) is -7.43. The van der Waals surface area contributed by atoms with E-state index in [-0.39, 0.29) is 45.7 Å². The van der Waals surface area contributed by atoms with Gasteiger partial charge in [0.2, 0.25) is 0 Å². The van der Waals surface area contributed by atoms with Crippen molar-refractivity contribution < 1.29 is 36.7 Å². The maximum absolute atomic E-state index is 13.3. The van der Waals surface area contributed by atoms with Crippen molar-refractivity contribution in [2.75, 3.05) is 39.6 Å². The smallest absolute Gasteiger partial charge is 0.345 e. The lowest BCUT2D eigenvalue weighted by molar-refractivity contribution is -0.162. The van der Waals surface area contributed by atoms with Crippen LogP contribution in [0.3, 0.4) is 0 Å². The molecule has 1 unspecified atom stereocenters. The van der Waals surface area contributed by atoms with Crippen LogP contribution in [0.1, 0.15) is 53.4 Å². The molecule has 1 fully saturated rings. The van der Waals surface area contributed by atoms with E-state index in [1.165, 1.54) is 0 Å². The molecule has 0 aromatic carbocycles. The topological polar surface area (TPSA) is 89.5 Å². The molecule has 0 aliphatic carbocycles. The van der Waals surface area contributed by atoms with Gasteiger partial charge in [-0.3, -0.25) is 9.13 Å². The Kier molecular flexibility index (Phi) is 11.8. The van der Waals surface area contributed by atoms with Gasteiger partial charge >= 0.3 is 15.2 Å². The van der Waals surface area contributed by atoms with Crippen molar-refractivity contribution in [2.24, 2.45) is 0 Å². The fourth-order valence-electron chi connectivity index (χ4n) is 2.78. The fraction of sp³-hybridized carbons (Fsp3) is 1.00. The van der Waals surface area contributed by atoms with Crippen LogP contribution in [0, 0.1) is 0 Å². The molecule has 10 heteroatoms. The molecule has 1 aliphatic rings. The third kappa shape index (κ3) is 7.33. The monoisotopic (exact) mass is 416 g/mol. The summed E-state index contributed by atoms with van der Waals surface area (Å²) in [6.07, 6.45) is 2.75. The van der Waals surface area contributed by atoms with Gasteiger partial charge in [0, 0.05) is 6.61 Å². The molecule has 0 saturated carbocycles. The molecule has 1 rings (SSSR count). The first kappa shape index (κ1) is 24.3. The van der Waals surface area contributed by atoms with E-state index in [1.54, 1.807) is 27.7 Å². The van der Waals surface area contributed by atoms with Crippen LogP contribution in [0.15, 0.2) is 0 Å². The highest BCUT2D eigenvalue weighted by atomic mass is 31.2. The van der Waals surface area contributed by atoms with Gasteiger partial charge < -0.3 is 27.6 Å². The molecule has 156 valence electrons. The SMILES string of the molecule is CCOP(=O)(OCC)C(CCOC1CCCCO1)P(=O)(OCC)OCC. The van der Waals surface area contributed by atoms with E-state index in [0.29, 0.717) is 6.61 Å². The summed E-state index contributed by atoms with van der Waals surface area (Å²) < 4.78 is 59.6. The molecular formula is C16H34O8P2. The highest BCUT2D eigenvalue weighted by molar-refractivity contribution is 7.72. The molecule has 1 atom stereocenters. The first-order chi connectivity index (χ1) is 12.5. The van der Waals surface area contributed by atoms with E-state index >= 15 is 0 Å². The largest absolute Gasteiger partial charge is 0.353 e. The first-order valence-electron chi connectivity index (χ1n) is 9.46. The maximum Gasteiger partial charge on any atom is 0.345 e. The van der Waals surface area contributed by atoms with E-state index in [4.69, 9.17) is 27.6 Å². The second-order valence-corrected chi connectivity index (χ2v) is 10.5. The number of rotatable bonds is 14. The number of hydrogen-bond donors (Lipinski definition) is 0. The van der Waals surface area contributed by atoms with Crippen LogP contribution in [-0.2, 0) is 36.7 Å². The maximum atomic E-state index is 13.3. The zero-order chi connectivity index (χ0) is 19.5. The lowest BCUT2D eigenvalue weighted by Gasteiger charge is -2.32. The Labute approximate surface area is 157 Å². The van der Waals surface area contributed by atoms with Crippen LogP contribution in [0.4, 0.5) is 0 Å². The lowest BCUT2D eigenvalue weighted by atomic mass is 10.2. The molecule has 0 radical (unpaired) electrons. The summed E-state index contributed by atoms with van der Waals surface area (Å²) in [6.45, 7) is 8.37. The van der Waals surface area contributed by atoms with Gasteiger partial charge in [-0.05, 0) is 53.4 Å². The Bertz CT molecular complexity index is 417. The number of hydrogen-bond acceptors (Lipinski definition) is 8. The van der Waals surface area contributed by atoms with E-state index in [9.17, 15) is 9.13 Å². The molecular weight excluding hydrogens is 382 g/mol. The van der Waals surface area contributed by atoms with Gasteiger partial charge in [-0.25, -0.2) is 0 Å². The molecule has 0 spiro atoms. The van der Waals surface area contributed by atoms with Crippen molar-refractivity contribution in [3.8, 4) is 0 Å². The molecule has 0 amide bonds. The molecule has 1 aliphatic heterocycles. The summed E-state index contributed by atoms with van der Waals surface area (Å²) in [4.78, 5) is 0. The Morgan fingerprint density at radius 1 is 0.885 bits per heavy atom. The molecule has 0 aromatic rings. The zero-order valence-electron chi connectivity index (χ0n) is 16.4. The minimum atomic E-state index is -3.71. The Morgan fingerprint density at radius 2 is 1.38 bits per heavy atom. The molecule has 26 heavy (non-hydrogen) atoms. The second-order valence-electron chi connectivity index (χ2n) is 5.69. The normalized spacial score (nSPS) is 19.2. The van der Waals surface area contributed by atoms with E-state index in [2.05, 4.69) is 0 Å². The van der Waals surface area contributed by atoms with Crippen molar-refractivity contribution in [2.45, 2.75) is 65.1 Å². The van der Waals surface area contributed by atoms with Crippen LogP contribution in [0.2, 0.25) is 0 Å². The predicted molar refractivity (Wildman–Crippen MR) is 99.7 cm³/mol. The molecule has 1 heterocycles. The minimum absolute atomic E-state index is 0.161. The third-order valence-electron chi connectivity index (χ3n) is 3.78. The van der Waals surface area contributed by atoms with Gasteiger partial charge in [-0.15, -0.1) is 0 Å². The predicted octanol–water partition coefficient (Wildman–Crippen LogP) is 4.78. The summed E-state index contributed by atoms with van der Waals surface area (Å²) in [5, 5.41) is -1.04. The third-order valence-corrected chi connectivity index (χ3v) is 9.93. The summed E-state index contributed by atoms with van der Waals surface area (Å²) in [5.41, 5.74) is 0.